The van der Waals surface area contributed by atoms with Gasteiger partial charge < -0.3 is 15.4 Å². The third-order valence-corrected chi connectivity index (χ3v) is 6.49. The van der Waals surface area contributed by atoms with Crippen LogP contribution >= 0.6 is 11.6 Å². The molecule has 0 radical (unpaired) electrons. The number of hydrogen-bond acceptors (Lipinski definition) is 4. The van der Waals surface area contributed by atoms with E-state index in [1.54, 1.807) is 31.2 Å². The van der Waals surface area contributed by atoms with Crippen LogP contribution in [0.5, 0.6) is 5.75 Å². The monoisotopic (exact) mass is 498 g/mol. The van der Waals surface area contributed by atoms with Gasteiger partial charge in [0, 0.05) is 10.7 Å². The topological polar surface area (TPSA) is 84.5 Å². The number of rotatable bonds is 6. The molecule has 2 amide bonds. The zero-order valence-corrected chi connectivity index (χ0v) is 18.7. The van der Waals surface area contributed by atoms with Gasteiger partial charge in [-0.15, -0.1) is 13.2 Å². The first-order chi connectivity index (χ1) is 15.4. The predicted octanol–water partition coefficient (Wildman–Crippen LogP) is 6.16. The minimum atomic E-state index is -4.93. The van der Waals surface area contributed by atoms with E-state index in [9.17, 15) is 26.4 Å². The SMILES string of the molecule is Cc1ccc(NC(=O)Nc2ccccc2OC(F)(F)F)cc1S(=O)(=O)Cc1ccc(Cl)cc1. The molecule has 0 bridgehead atoms. The van der Waals surface area contributed by atoms with Gasteiger partial charge in [0.05, 0.1) is 16.3 Å². The van der Waals surface area contributed by atoms with E-state index < -0.39 is 28.0 Å². The highest BCUT2D eigenvalue weighted by Crippen LogP contribution is 2.30. The zero-order chi connectivity index (χ0) is 24.2. The molecule has 0 atom stereocenters. The number of ether oxygens (including phenoxy) is 1. The molecule has 174 valence electrons. The summed E-state index contributed by atoms with van der Waals surface area (Å²) < 4.78 is 67.4. The summed E-state index contributed by atoms with van der Waals surface area (Å²) in [6, 6.07) is 14.8. The summed E-state index contributed by atoms with van der Waals surface area (Å²) >= 11 is 5.83. The zero-order valence-electron chi connectivity index (χ0n) is 17.1. The Bertz CT molecular complexity index is 1260. The molecule has 11 heteroatoms. The average Bonchev–Trinajstić information content (AvgIpc) is 2.71. The van der Waals surface area contributed by atoms with E-state index >= 15 is 0 Å². The fourth-order valence-electron chi connectivity index (χ4n) is 2.96. The highest BCUT2D eigenvalue weighted by molar-refractivity contribution is 7.90. The molecule has 0 aliphatic heterocycles. The van der Waals surface area contributed by atoms with E-state index in [-0.39, 0.29) is 22.0 Å². The number of urea groups is 1. The number of nitrogens with one attached hydrogen (secondary N) is 2. The van der Waals surface area contributed by atoms with E-state index in [0.29, 0.717) is 16.1 Å². The van der Waals surface area contributed by atoms with Crippen LogP contribution in [-0.2, 0) is 15.6 Å². The number of amides is 2. The molecule has 3 rings (SSSR count). The molecule has 0 unspecified atom stereocenters. The second-order valence-electron chi connectivity index (χ2n) is 6.99. The Morgan fingerprint density at radius 2 is 1.67 bits per heavy atom. The summed E-state index contributed by atoms with van der Waals surface area (Å²) in [5.41, 5.74) is 0.937. The molecule has 2 N–H and O–H groups in total. The smallest absolute Gasteiger partial charge is 0.404 e. The molecule has 0 aromatic heterocycles. The first-order valence-corrected chi connectivity index (χ1v) is 11.5. The number of sulfone groups is 1. The maximum absolute atomic E-state index is 12.9. The first-order valence-electron chi connectivity index (χ1n) is 9.43. The highest BCUT2D eigenvalue weighted by atomic mass is 35.5. The highest BCUT2D eigenvalue weighted by Gasteiger charge is 2.32. The lowest BCUT2D eigenvalue weighted by Crippen LogP contribution is -2.22. The van der Waals surface area contributed by atoms with Crippen LogP contribution in [0.3, 0.4) is 0 Å². The van der Waals surface area contributed by atoms with Crippen molar-refractivity contribution in [1.82, 2.24) is 0 Å². The van der Waals surface area contributed by atoms with Gasteiger partial charge in [-0.1, -0.05) is 41.9 Å². The Kier molecular flexibility index (Phi) is 7.19. The Hall–Kier alpha value is -3.24. The maximum atomic E-state index is 12.9. The second kappa shape index (κ2) is 9.72. The van der Waals surface area contributed by atoms with E-state index in [0.717, 1.165) is 6.07 Å². The number of aryl methyl sites for hydroxylation is 1. The normalized spacial score (nSPS) is 11.7. The van der Waals surface area contributed by atoms with Crippen molar-refractivity contribution < 1.29 is 31.1 Å². The minimum absolute atomic E-state index is 0.0102. The Morgan fingerprint density at radius 3 is 2.33 bits per heavy atom. The van der Waals surface area contributed by atoms with Gasteiger partial charge in [0.1, 0.15) is 0 Å². The van der Waals surface area contributed by atoms with Crippen LogP contribution < -0.4 is 15.4 Å². The number of alkyl halides is 3. The standard InChI is InChI=1S/C22H18ClF3N2O4S/c1-14-6-11-17(12-20(14)33(30,31)13-15-7-9-16(23)10-8-15)27-21(29)28-18-4-2-3-5-19(18)32-22(24,25)26/h2-12H,13H2,1H3,(H2,27,28,29). The quantitative estimate of drug-likeness (QED) is 0.426. The van der Waals surface area contributed by atoms with Gasteiger partial charge in [-0.05, 0) is 54.4 Å². The van der Waals surface area contributed by atoms with E-state index in [1.807, 2.05) is 0 Å². The van der Waals surface area contributed by atoms with Crippen molar-refractivity contribution in [2.24, 2.45) is 0 Å². The molecule has 0 saturated heterocycles. The molecule has 0 heterocycles. The lowest BCUT2D eigenvalue weighted by atomic mass is 10.2. The summed E-state index contributed by atoms with van der Waals surface area (Å²) in [7, 11) is -3.76. The van der Waals surface area contributed by atoms with Crippen molar-refractivity contribution in [3.8, 4) is 5.75 Å². The molecule has 3 aromatic rings. The van der Waals surface area contributed by atoms with Crippen molar-refractivity contribution in [3.05, 3.63) is 82.9 Å². The molecule has 0 saturated carbocycles. The third-order valence-electron chi connectivity index (χ3n) is 4.41. The number of carbonyl (C=O) groups is 1. The number of anilines is 2. The Labute approximate surface area is 193 Å². The average molecular weight is 499 g/mol. The fourth-order valence-corrected chi connectivity index (χ4v) is 4.74. The first kappa shape index (κ1) is 24.4. The summed E-state index contributed by atoms with van der Waals surface area (Å²) in [4.78, 5) is 12.4. The van der Waals surface area contributed by atoms with Gasteiger partial charge in [0.2, 0.25) is 0 Å². The van der Waals surface area contributed by atoms with Gasteiger partial charge in [-0.25, -0.2) is 13.2 Å². The van der Waals surface area contributed by atoms with Gasteiger partial charge in [-0.2, -0.15) is 0 Å². The van der Waals surface area contributed by atoms with Crippen molar-refractivity contribution >= 4 is 38.8 Å². The summed E-state index contributed by atoms with van der Waals surface area (Å²) in [6.45, 7) is 1.61. The van der Waals surface area contributed by atoms with Crippen LogP contribution in [0.1, 0.15) is 11.1 Å². The minimum Gasteiger partial charge on any atom is -0.404 e. The van der Waals surface area contributed by atoms with Gasteiger partial charge in [0.25, 0.3) is 0 Å². The summed E-state index contributed by atoms with van der Waals surface area (Å²) in [5, 5.41) is 5.16. The van der Waals surface area contributed by atoms with E-state index in [1.165, 1.54) is 36.4 Å². The summed E-state index contributed by atoms with van der Waals surface area (Å²) in [6.07, 6.45) is -4.93. The molecule has 0 spiro atoms. The predicted molar refractivity (Wildman–Crippen MR) is 119 cm³/mol. The third kappa shape index (κ3) is 6.87. The lowest BCUT2D eigenvalue weighted by Gasteiger charge is -2.15. The largest absolute Gasteiger partial charge is 0.573 e. The van der Waals surface area contributed by atoms with Crippen molar-refractivity contribution in [2.45, 2.75) is 23.9 Å². The van der Waals surface area contributed by atoms with Crippen LogP contribution in [0, 0.1) is 6.92 Å². The number of hydrogen-bond donors (Lipinski definition) is 2. The number of para-hydroxylation sites is 2. The van der Waals surface area contributed by atoms with Crippen molar-refractivity contribution in [2.75, 3.05) is 10.6 Å². The molecular weight excluding hydrogens is 481 g/mol. The molecular formula is C22H18ClF3N2O4S. The summed E-state index contributed by atoms with van der Waals surface area (Å²) in [5.74, 6) is -0.863. The van der Waals surface area contributed by atoms with Gasteiger partial charge in [-0.3, -0.25) is 0 Å². The number of benzene rings is 3. The van der Waals surface area contributed by atoms with Crippen LogP contribution in [0.15, 0.2) is 71.6 Å². The van der Waals surface area contributed by atoms with Crippen molar-refractivity contribution in [1.29, 1.82) is 0 Å². The number of carbonyl (C=O) groups excluding carboxylic acids is 1. The van der Waals surface area contributed by atoms with Gasteiger partial charge >= 0.3 is 12.4 Å². The lowest BCUT2D eigenvalue weighted by molar-refractivity contribution is -0.274. The molecule has 0 aliphatic carbocycles. The molecule has 33 heavy (non-hydrogen) atoms. The maximum Gasteiger partial charge on any atom is 0.573 e. The van der Waals surface area contributed by atoms with Gasteiger partial charge in [0.15, 0.2) is 15.6 Å². The Morgan fingerprint density at radius 1 is 1.00 bits per heavy atom. The van der Waals surface area contributed by atoms with Crippen LogP contribution in [0.2, 0.25) is 5.02 Å². The van der Waals surface area contributed by atoms with E-state index in [4.69, 9.17) is 11.6 Å². The second-order valence-corrected chi connectivity index (χ2v) is 9.38. The van der Waals surface area contributed by atoms with Crippen LogP contribution in [0.4, 0.5) is 29.3 Å². The fraction of sp³-hybridized carbons (Fsp3) is 0.136. The van der Waals surface area contributed by atoms with E-state index in [2.05, 4.69) is 15.4 Å². The van der Waals surface area contributed by atoms with Crippen LogP contribution in [-0.4, -0.2) is 20.8 Å². The Balaban J connectivity index is 1.77. The number of halogens is 4. The molecule has 0 aliphatic rings. The van der Waals surface area contributed by atoms with Crippen molar-refractivity contribution in [3.63, 3.8) is 0 Å². The molecule has 0 fully saturated rings. The molecule has 3 aromatic carbocycles. The molecule has 6 nitrogen and oxygen atoms in total. The van der Waals surface area contributed by atoms with Crippen LogP contribution in [0.25, 0.3) is 0 Å².